The number of ether oxygens (including phenoxy) is 2. The number of fused-ring (bicyclic) bond motifs is 2. The number of carbonyl (C=O) groups excluding carboxylic acids is 1. The highest BCUT2D eigenvalue weighted by molar-refractivity contribution is 6.04. The van der Waals surface area contributed by atoms with E-state index in [1.807, 2.05) is 47.4 Å². The molecule has 0 aromatic heterocycles. The molecule has 2 aliphatic heterocycles. The standard InChI is InChI=1S/C23H25N3O3/c1-15-14-25(12-13-26(15)23(27)16-10-11-16)22-17-6-5-9-20(28-2)21(17)29-19-8-4-3-7-18(19)24-22/h3-9,15-16H,10-14H2,1-2H3. The van der Waals surface area contributed by atoms with E-state index in [9.17, 15) is 4.79 Å². The first-order valence-corrected chi connectivity index (χ1v) is 10.2. The van der Waals surface area contributed by atoms with Crippen molar-refractivity contribution in [2.45, 2.75) is 25.8 Å². The number of aliphatic imine (C=N–C) groups is 1. The van der Waals surface area contributed by atoms with Gasteiger partial charge in [0.05, 0.1) is 12.7 Å². The topological polar surface area (TPSA) is 54.4 Å². The number of hydrogen-bond donors (Lipinski definition) is 0. The van der Waals surface area contributed by atoms with Gasteiger partial charge in [-0.05, 0) is 44.0 Å². The van der Waals surface area contributed by atoms with Crippen LogP contribution in [0.3, 0.4) is 0 Å². The highest BCUT2D eigenvalue weighted by atomic mass is 16.5. The summed E-state index contributed by atoms with van der Waals surface area (Å²) in [6.07, 6.45) is 2.08. The lowest BCUT2D eigenvalue weighted by atomic mass is 10.1. The Morgan fingerprint density at radius 1 is 1.14 bits per heavy atom. The summed E-state index contributed by atoms with van der Waals surface area (Å²) in [5, 5.41) is 0. The van der Waals surface area contributed by atoms with Crippen LogP contribution in [0.5, 0.6) is 17.2 Å². The molecule has 150 valence electrons. The summed E-state index contributed by atoms with van der Waals surface area (Å²) in [5.74, 6) is 3.52. The van der Waals surface area contributed by atoms with E-state index in [-0.39, 0.29) is 12.0 Å². The lowest BCUT2D eigenvalue weighted by Gasteiger charge is -2.41. The van der Waals surface area contributed by atoms with Gasteiger partial charge < -0.3 is 19.3 Å². The SMILES string of the molecule is COc1cccc2c1Oc1ccccc1N=C2N1CCN(C(=O)C2CC2)C(C)C1. The molecule has 1 atom stereocenters. The predicted octanol–water partition coefficient (Wildman–Crippen LogP) is 3.82. The Morgan fingerprint density at radius 2 is 1.97 bits per heavy atom. The fourth-order valence-corrected chi connectivity index (χ4v) is 4.16. The van der Waals surface area contributed by atoms with Crippen LogP contribution >= 0.6 is 0 Å². The summed E-state index contributed by atoms with van der Waals surface area (Å²) in [4.78, 5) is 21.9. The molecule has 29 heavy (non-hydrogen) atoms. The number of carbonyl (C=O) groups is 1. The molecule has 2 heterocycles. The molecular weight excluding hydrogens is 366 g/mol. The Bertz CT molecular complexity index is 983. The van der Waals surface area contributed by atoms with E-state index in [1.165, 1.54) is 0 Å². The van der Waals surface area contributed by atoms with Gasteiger partial charge in [0.1, 0.15) is 11.5 Å². The van der Waals surface area contributed by atoms with Crippen molar-refractivity contribution in [1.29, 1.82) is 0 Å². The Kier molecular flexibility index (Phi) is 4.42. The molecule has 1 amide bonds. The molecule has 1 unspecified atom stereocenters. The lowest BCUT2D eigenvalue weighted by molar-refractivity contribution is -0.136. The Hall–Kier alpha value is -3.02. The molecule has 5 rings (SSSR count). The van der Waals surface area contributed by atoms with E-state index >= 15 is 0 Å². The molecule has 0 bridgehead atoms. The number of rotatable bonds is 2. The van der Waals surface area contributed by atoms with Gasteiger partial charge in [-0.25, -0.2) is 4.99 Å². The van der Waals surface area contributed by atoms with Gasteiger partial charge in [0.15, 0.2) is 17.2 Å². The van der Waals surface area contributed by atoms with Crippen molar-refractivity contribution < 1.29 is 14.3 Å². The number of benzene rings is 2. The van der Waals surface area contributed by atoms with Crippen LogP contribution in [0.2, 0.25) is 0 Å². The molecule has 1 saturated heterocycles. The molecule has 0 spiro atoms. The van der Waals surface area contributed by atoms with Gasteiger partial charge in [0, 0.05) is 31.6 Å². The lowest BCUT2D eigenvalue weighted by Crippen LogP contribution is -2.56. The number of para-hydroxylation sites is 3. The van der Waals surface area contributed by atoms with Crippen LogP contribution in [0.1, 0.15) is 25.3 Å². The Labute approximate surface area is 170 Å². The number of amides is 1. The van der Waals surface area contributed by atoms with E-state index < -0.39 is 0 Å². The van der Waals surface area contributed by atoms with Crippen LogP contribution in [0, 0.1) is 5.92 Å². The zero-order valence-electron chi connectivity index (χ0n) is 16.8. The quantitative estimate of drug-likeness (QED) is 0.781. The van der Waals surface area contributed by atoms with E-state index in [2.05, 4.69) is 11.8 Å². The minimum atomic E-state index is 0.146. The van der Waals surface area contributed by atoms with Crippen LogP contribution in [0.15, 0.2) is 47.5 Å². The maximum atomic E-state index is 12.6. The van der Waals surface area contributed by atoms with Crippen molar-refractivity contribution in [3.05, 3.63) is 48.0 Å². The average molecular weight is 391 g/mol. The van der Waals surface area contributed by atoms with Gasteiger partial charge >= 0.3 is 0 Å². The maximum absolute atomic E-state index is 12.6. The Morgan fingerprint density at radius 3 is 2.72 bits per heavy atom. The smallest absolute Gasteiger partial charge is 0.226 e. The largest absolute Gasteiger partial charge is 0.493 e. The molecule has 3 aliphatic rings. The van der Waals surface area contributed by atoms with Gasteiger partial charge in [-0.2, -0.15) is 0 Å². The fraction of sp³-hybridized carbons (Fsp3) is 0.391. The highest BCUT2D eigenvalue weighted by Crippen LogP contribution is 2.43. The minimum absolute atomic E-state index is 0.146. The monoisotopic (exact) mass is 391 g/mol. The summed E-state index contributed by atoms with van der Waals surface area (Å²) in [5.41, 5.74) is 1.71. The minimum Gasteiger partial charge on any atom is -0.493 e. The first kappa shape index (κ1) is 18.0. The first-order chi connectivity index (χ1) is 14.2. The third kappa shape index (κ3) is 3.22. The van der Waals surface area contributed by atoms with Gasteiger partial charge in [0.25, 0.3) is 0 Å². The predicted molar refractivity (Wildman–Crippen MR) is 111 cm³/mol. The first-order valence-electron chi connectivity index (χ1n) is 10.2. The zero-order chi connectivity index (χ0) is 20.0. The van der Waals surface area contributed by atoms with Crippen molar-refractivity contribution in [2.75, 3.05) is 26.7 Å². The highest BCUT2D eigenvalue weighted by Gasteiger charge is 2.38. The average Bonchev–Trinajstić information content (AvgIpc) is 3.59. The van der Waals surface area contributed by atoms with Crippen LogP contribution < -0.4 is 9.47 Å². The number of hydrogen-bond acceptors (Lipinski definition) is 5. The number of amidine groups is 1. The van der Waals surface area contributed by atoms with Crippen LogP contribution in [-0.2, 0) is 4.79 Å². The molecule has 0 N–H and O–H groups in total. The third-order valence-corrected chi connectivity index (χ3v) is 5.88. The third-order valence-electron chi connectivity index (χ3n) is 5.88. The van der Waals surface area contributed by atoms with Crippen LogP contribution in [0.25, 0.3) is 0 Å². The fourth-order valence-electron chi connectivity index (χ4n) is 4.16. The maximum Gasteiger partial charge on any atom is 0.226 e. The van der Waals surface area contributed by atoms with Crippen molar-refractivity contribution in [2.24, 2.45) is 10.9 Å². The second kappa shape index (κ2) is 7.10. The summed E-state index contributed by atoms with van der Waals surface area (Å²) in [6.45, 7) is 4.34. The summed E-state index contributed by atoms with van der Waals surface area (Å²) in [6, 6.07) is 13.8. The molecule has 1 aliphatic carbocycles. The van der Waals surface area contributed by atoms with Crippen LogP contribution in [0.4, 0.5) is 5.69 Å². The van der Waals surface area contributed by atoms with Crippen LogP contribution in [-0.4, -0.2) is 54.3 Å². The zero-order valence-corrected chi connectivity index (χ0v) is 16.8. The molecule has 2 aromatic rings. The second-order valence-electron chi connectivity index (χ2n) is 7.94. The van der Waals surface area contributed by atoms with Crippen molar-refractivity contribution in [3.8, 4) is 17.2 Å². The van der Waals surface area contributed by atoms with Gasteiger partial charge in [0.2, 0.25) is 5.91 Å². The molecule has 2 fully saturated rings. The molecule has 2 aromatic carbocycles. The normalized spacial score (nSPS) is 20.8. The van der Waals surface area contributed by atoms with Crippen molar-refractivity contribution in [3.63, 3.8) is 0 Å². The summed E-state index contributed by atoms with van der Waals surface area (Å²) < 4.78 is 11.8. The molecule has 1 saturated carbocycles. The second-order valence-corrected chi connectivity index (χ2v) is 7.94. The number of nitrogens with zero attached hydrogens (tertiary/aromatic N) is 3. The molecular formula is C23H25N3O3. The van der Waals surface area contributed by atoms with Gasteiger partial charge in [-0.15, -0.1) is 0 Å². The van der Waals surface area contributed by atoms with Gasteiger partial charge in [-0.1, -0.05) is 18.2 Å². The molecule has 6 nitrogen and oxygen atoms in total. The van der Waals surface area contributed by atoms with Crippen molar-refractivity contribution >= 4 is 17.4 Å². The Balaban J connectivity index is 1.52. The molecule has 0 radical (unpaired) electrons. The summed E-state index contributed by atoms with van der Waals surface area (Å²) in [7, 11) is 1.65. The van der Waals surface area contributed by atoms with E-state index in [4.69, 9.17) is 14.5 Å². The summed E-state index contributed by atoms with van der Waals surface area (Å²) >= 11 is 0. The number of methoxy groups -OCH3 is 1. The van der Waals surface area contributed by atoms with Crippen molar-refractivity contribution in [1.82, 2.24) is 9.80 Å². The number of piperazine rings is 1. The molecule has 6 heteroatoms. The van der Waals surface area contributed by atoms with E-state index in [0.717, 1.165) is 49.6 Å². The van der Waals surface area contributed by atoms with E-state index in [0.29, 0.717) is 23.2 Å². The van der Waals surface area contributed by atoms with Gasteiger partial charge in [-0.3, -0.25) is 4.79 Å². The van der Waals surface area contributed by atoms with E-state index in [1.54, 1.807) is 7.11 Å².